The third kappa shape index (κ3) is 14.9. The third-order valence-electron chi connectivity index (χ3n) is 2.80. The van der Waals surface area contributed by atoms with Gasteiger partial charge in [-0.2, -0.15) is 0 Å². The molecule has 2 heteroatoms. The molecule has 0 N–H and O–H groups in total. The lowest BCUT2D eigenvalue weighted by Gasteiger charge is -2.20. The van der Waals surface area contributed by atoms with Crippen LogP contribution in [0.15, 0.2) is 85.7 Å². The molecule has 0 atom stereocenters. The minimum absolute atomic E-state index is 0.500. The van der Waals surface area contributed by atoms with E-state index in [4.69, 9.17) is 0 Å². The summed E-state index contributed by atoms with van der Waals surface area (Å²) in [6.45, 7) is 17.6. The molecule has 0 amide bonds. The van der Waals surface area contributed by atoms with Gasteiger partial charge in [0.25, 0.3) is 0 Å². The van der Waals surface area contributed by atoms with E-state index < -0.39 is 0 Å². The number of hydrogen-bond donors (Lipinski definition) is 0. The van der Waals surface area contributed by atoms with Crippen molar-refractivity contribution in [1.82, 2.24) is 0 Å². The second-order valence-corrected chi connectivity index (χ2v) is 4.48. The SMILES string of the molecule is C/C=C\C=C/C.C=C/C=C(\C=C)N(C)c1ccc(C)cc1.CC.CF. The van der Waals surface area contributed by atoms with Gasteiger partial charge < -0.3 is 4.90 Å². The van der Waals surface area contributed by atoms with Crippen LogP contribution in [0.5, 0.6) is 0 Å². The van der Waals surface area contributed by atoms with E-state index in [1.165, 1.54) is 5.56 Å². The fourth-order valence-electron chi connectivity index (χ4n) is 1.58. The molecule has 0 heterocycles. The maximum absolute atomic E-state index is 9.50. The molecule has 0 fully saturated rings. The van der Waals surface area contributed by atoms with Gasteiger partial charge in [-0.15, -0.1) is 0 Å². The molecule has 1 rings (SSSR count). The normalized spacial score (nSPS) is 9.84. The Morgan fingerprint density at radius 2 is 1.40 bits per heavy atom. The molecular weight excluding hydrogens is 309 g/mol. The highest BCUT2D eigenvalue weighted by atomic mass is 19.1. The van der Waals surface area contributed by atoms with E-state index in [1.807, 2.05) is 71.2 Å². The van der Waals surface area contributed by atoms with Crippen molar-refractivity contribution in [3.63, 3.8) is 0 Å². The van der Waals surface area contributed by atoms with Crippen molar-refractivity contribution in [2.24, 2.45) is 0 Å². The summed E-state index contributed by atoms with van der Waals surface area (Å²) in [6, 6.07) is 8.38. The van der Waals surface area contributed by atoms with Gasteiger partial charge in [0.15, 0.2) is 0 Å². The number of halogens is 1. The highest BCUT2D eigenvalue weighted by Crippen LogP contribution is 2.18. The highest BCUT2D eigenvalue weighted by Gasteiger charge is 2.02. The zero-order chi connectivity index (χ0) is 20.1. The number of hydrogen-bond acceptors (Lipinski definition) is 1. The number of likely N-dealkylation sites (N-methyl/N-ethyl adjacent to an activating group) is 1. The first-order valence-corrected chi connectivity index (χ1v) is 8.48. The number of allylic oxidation sites excluding steroid dienone is 7. The van der Waals surface area contributed by atoms with Crippen molar-refractivity contribution in [2.45, 2.75) is 34.6 Å². The second kappa shape index (κ2) is 21.7. The zero-order valence-electron chi connectivity index (χ0n) is 17.1. The van der Waals surface area contributed by atoms with Gasteiger partial charge in [-0.3, -0.25) is 4.39 Å². The summed E-state index contributed by atoms with van der Waals surface area (Å²) in [5.41, 5.74) is 3.45. The topological polar surface area (TPSA) is 3.24 Å². The van der Waals surface area contributed by atoms with Crippen LogP contribution in [0.3, 0.4) is 0 Å². The van der Waals surface area contributed by atoms with Crippen molar-refractivity contribution in [2.75, 3.05) is 19.1 Å². The molecule has 0 unspecified atom stereocenters. The number of anilines is 1. The number of rotatable bonds is 5. The third-order valence-corrected chi connectivity index (χ3v) is 2.80. The Balaban J connectivity index is -0.000000407. The van der Waals surface area contributed by atoms with Crippen molar-refractivity contribution in [3.05, 3.63) is 91.2 Å². The molecule has 0 aliphatic carbocycles. The summed E-state index contributed by atoms with van der Waals surface area (Å²) in [5, 5.41) is 0. The summed E-state index contributed by atoms with van der Waals surface area (Å²) in [6.07, 6.45) is 13.5. The summed E-state index contributed by atoms with van der Waals surface area (Å²) < 4.78 is 9.50. The average molecular weight is 346 g/mol. The summed E-state index contributed by atoms with van der Waals surface area (Å²) >= 11 is 0. The van der Waals surface area contributed by atoms with E-state index in [-0.39, 0.29) is 0 Å². The van der Waals surface area contributed by atoms with Crippen LogP contribution in [0.2, 0.25) is 0 Å². The van der Waals surface area contributed by atoms with Gasteiger partial charge >= 0.3 is 0 Å². The first kappa shape index (κ1) is 27.5. The molecule has 0 saturated heterocycles. The van der Waals surface area contributed by atoms with Crippen LogP contribution >= 0.6 is 0 Å². The van der Waals surface area contributed by atoms with Crippen LogP contribution in [0.1, 0.15) is 33.3 Å². The summed E-state index contributed by atoms with van der Waals surface area (Å²) in [5.74, 6) is 0. The van der Waals surface area contributed by atoms with E-state index in [0.717, 1.165) is 11.4 Å². The standard InChI is InChI=1S/C14H17N.C6H10.C2H6.CH3F/c1-5-7-13(6-2)15(4)14-10-8-12(3)9-11-14;1-3-5-6-4-2;2*1-2/h5-11H,1-2H2,3-4H3;3-6H,1-2H3;1-2H3;1H3/b13-7+;5-3-,6-4-;;. The van der Waals surface area contributed by atoms with E-state index in [9.17, 15) is 4.39 Å². The van der Waals surface area contributed by atoms with Crippen LogP contribution in [0, 0.1) is 6.92 Å². The first-order valence-electron chi connectivity index (χ1n) is 8.48. The molecule has 25 heavy (non-hydrogen) atoms. The Kier molecular flexibility index (Phi) is 23.8. The molecule has 1 nitrogen and oxygen atoms in total. The quantitative estimate of drug-likeness (QED) is 0.501. The molecule has 1 aromatic carbocycles. The molecule has 0 bridgehead atoms. The lowest BCUT2D eigenvalue weighted by molar-refractivity contribution is 0.636. The van der Waals surface area contributed by atoms with Crippen LogP contribution in [-0.4, -0.2) is 14.2 Å². The van der Waals surface area contributed by atoms with Crippen LogP contribution in [0.25, 0.3) is 0 Å². The second-order valence-electron chi connectivity index (χ2n) is 4.48. The fourth-order valence-corrected chi connectivity index (χ4v) is 1.58. The molecule has 0 radical (unpaired) electrons. The molecule has 0 spiro atoms. The Bertz CT molecular complexity index is 497. The largest absolute Gasteiger partial charge is 0.345 e. The number of benzene rings is 1. The Hall–Kier alpha value is -2.35. The van der Waals surface area contributed by atoms with Crippen LogP contribution in [0.4, 0.5) is 10.1 Å². The Morgan fingerprint density at radius 1 is 0.960 bits per heavy atom. The Morgan fingerprint density at radius 3 is 1.72 bits per heavy atom. The monoisotopic (exact) mass is 345 g/mol. The minimum Gasteiger partial charge on any atom is -0.345 e. The molecular formula is C23H36FN. The maximum atomic E-state index is 9.50. The van der Waals surface area contributed by atoms with Crippen molar-refractivity contribution in [1.29, 1.82) is 0 Å². The van der Waals surface area contributed by atoms with Gasteiger partial charge in [0.2, 0.25) is 0 Å². The lowest BCUT2D eigenvalue weighted by atomic mass is 10.2. The zero-order valence-corrected chi connectivity index (χ0v) is 17.1. The average Bonchev–Trinajstić information content (AvgIpc) is 2.68. The predicted octanol–water partition coefficient (Wildman–Crippen LogP) is 7.44. The first-order chi connectivity index (χ1) is 12.1. The highest BCUT2D eigenvalue weighted by molar-refractivity contribution is 5.54. The van der Waals surface area contributed by atoms with Gasteiger partial charge in [0.1, 0.15) is 0 Å². The number of alkyl halides is 1. The smallest absolute Gasteiger partial charge is 0.0785 e. The van der Waals surface area contributed by atoms with Crippen LogP contribution < -0.4 is 4.90 Å². The van der Waals surface area contributed by atoms with Gasteiger partial charge in [-0.25, -0.2) is 0 Å². The maximum Gasteiger partial charge on any atom is 0.0785 e. The van der Waals surface area contributed by atoms with E-state index in [0.29, 0.717) is 7.18 Å². The van der Waals surface area contributed by atoms with Crippen molar-refractivity contribution >= 4 is 5.69 Å². The molecule has 0 aliphatic heterocycles. The van der Waals surface area contributed by atoms with E-state index >= 15 is 0 Å². The van der Waals surface area contributed by atoms with Gasteiger partial charge in [0.05, 0.1) is 7.18 Å². The number of nitrogens with zero attached hydrogens (tertiary/aromatic N) is 1. The van der Waals surface area contributed by atoms with Gasteiger partial charge in [-0.05, 0) is 45.1 Å². The molecule has 0 aromatic heterocycles. The van der Waals surface area contributed by atoms with Crippen molar-refractivity contribution < 1.29 is 4.39 Å². The predicted molar refractivity (Wildman–Crippen MR) is 116 cm³/mol. The minimum atomic E-state index is 0.500. The molecule has 140 valence electrons. The van der Waals surface area contributed by atoms with E-state index in [2.05, 4.69) is 49.2 Å². The molecule has 0 aliphatic rings. The van der Waals surface area contributed by atoms with Crippen LogP contribution in [-0.2, 0) is 0 Å². The van der Waals surface area contributed by atoms with E-state index in [1.54, 1.807) is 6.08 Å². The van der Waals surface area contributed by atoms with Gasteiger partial charge in [-0.1, -0.05) is 75.1 Å². The molecule has 0 saturated carbocycles. The summed E-state index contributed by atoms with van der Waals surface area (Å²) in [7, 11) is 2.52. The number of aryl methyl sites for hydroxylation is 1. The summed E-state index contributed by atoms with van der Waals surface area (Å²) in [4.78, 5) is 2.08. The molecule has 1 aromatic rings. The van der Waals surface area contributed by atoms with Gasteiger partial charge in [0, 0.05) is 18.4 Å². The fraction of sp³-hybridized carbons (Fsp3) is 0.304. The Labute approximate surface area is 155 Å². The van der Waals surface area contributed by atoms with Crippen molar-refractivity contribution in [3.8, 4) is 0 Å². The lowest BCUT2D eigenvalue weighted by Crippen LogP contribution is -2.14.